The summed E-state index contributed by atoms with van der Waals surface area (Å²) < 4.78 is 12.7. The van der Waals surface area contributed by atoms with E-state index in [-0.39, 0.29) is 6.10 Å². The van der Waals surface area contributed by atoms with E-state index in [0.29, 0.717) is 32.1 Å². The molecule has 1 atom stereocenters. The maximum absolute atomic E-state index is 9.36. The van der Waals surface area contributed by atoms with E-state index in [1.54, 1.807) is 6.92 Å². The molecule has 2 aromatic carbocycles. The zero-order valence-corrected chi connectivity index (χ0v) is 16.6. The van der Waals surface area contributed by atoms with Gasteiger partial charge in [0.15, 0.2) is 11.5 Å². The lowest BCUT2D eigenvalue weighted by atomic mass is 10.1. The number of ether oxygens (including phenoxy) is 2. The second-order valence-electron chi connectivity index (χ2n) is 6.08. The second kappa shape index (κ2) is 9.80. The van der Waals surface area contributed by atoms with Gasteiger partial charge >= 0.3 is 0 Å². The Hall–Kier alpha value is -1.56. The molecule has 0 aliphatic carbocycles. The number of hydrogen-bond acceptors (Lipinski definition) is 4. The summed E-state index contributed by atoms with van der Waals surface area (Å²) in [6, 6.07) is 12.2. The lowest BCUT2D eigenvalue weighted by Gasteiger charge is -2.16. The molecule has 0 aliphatic rings. The number of halogens is 1. The van der Waals surface area contributed by atoms with Gasteiger partial charge < -0.3 is 19.9 Å². The van der Waals surface area contributed by atoms with Crippen molar-refractivity contribution in [3.63, 3.8) is 0 Å². The molecule has 0 amide bonds. The molecule has 0 aliphatic heterocycles. The maximum Gasteiger partial charge on any atom is 0.162 e. The standard InChI is InChI=1S/C20H26BrNO3/c1-4-24-19-9-17(12-22-11-15(3)23)18(21)10-20(19)25-13-16-7-5-14(2)6-8-16/h5-10,15,22-23H,4,11-13H2,1-3H3. The largest absolute Gasteiger partial charge is 0.490 e. The van der Waals surface area contributed by atoms with E-state index in [2.05, 4.69) is 52.4 Å². The topological polar surface area (TPSA) is 50.7 Å². The normalized spacial score (nSPS) is 12.0. The Labute approximate surface area is 158 Å². The van der Waals surface area contributed by atoms with Gasteiger partial charge in [-0.1, -0.05) is 45.8 Å². The van der Waals surface area contributed by atoms with Crippen molar-refractivity contribution < 1.29 is 14.6 Å². The lowest BCUT2D eigenvalue weighted by molar-refractivity contribution is 0.191. The molecule has 0 bridgehead atoms. The smallest absolute Gasteiger partial charge is 0.162 e. The minimum Gasteiger partial charge on any atom is -0.490 e. The molecule has 1 unspecified atom stereocenters. The van der Waals surface area contributed by atoms with Crippen molar-refractivity contribution in [2.75, 3.05) is 13.2 Å². The first-order chi connectivity index (χ1) is 12.0. The third-order valence-electron chi connectivity index (χ3n) is 3.68. The van der Waals surface area contributed by atoms with Crippen molar-refractivity contribution >= 4 is 15.9 Å². The third kappa shape index (κ3) is 6.34. The summed E-state index contributed by atoms with van der Waals surface area (Å²) in [6.07, 6.45) is -0.373. The molecule has 0 radical (unpaired) electrons. The van der Waals surface area contributed by atoms with Gasteiger partial charge in [0.25, 0.3) is 0 Å². The average Bonchev–Trinajstić information content (AvgIpc) is 2.57. The van der Waals surface area contributed by atoms with Gasteiger partial charge in [0.2, 0.25) is 0 Å². The van der Waals surface area contributed by atoms with E-state index in [9.17, 15) is 5.11 Å². The predicted octanol–water partition coefficient (Wildman–Crippen LogP) is 4.21. The van der Waals surface area contributed by atoms with Crippen molar-refractivity contribution in [3.8, 4) is 11.5 Å². The molecule has 25 heavy (non-hydrogen) atoms. The van der Waals surface area contributed by atoms with Crippen LogP contribution in [0.1, 0.15) is 30.5 Å². The van der Waals surface area contributed by atoms with E-state index in [4.69, 9.17) is 9.47 Å². The first-order valence-electron chi connectivity index (χ1n) is 8.52. The Morgan fingerprint density at radius 1 is 1.12 bits per heavy atom. The highest BCUT2D eigenvalue weighted by Crippen LogP contribution is 2.34. The van der Waals surface area contributed by atoms with Crippen molar-refractivity contribution in [3.05, 3.63) is 57.6 Å². The number of benzene rings is 2. The van der Waals surface area contributed by atoms with Crippen LogP contribution in [0, 0.1) is 6.92 Å². The average molecular weight is 408 g/mol. The number of aliphatic hydroxyl groups is 1. The Kier molecular flexibility index (Phi) is 7.75. The Balaban J connectivity index is 2.10. The van der Waals surface area contributed by atoms with Crippen LogP contribution in [0.3, 0.4) is 0 Å². The summed E-state index contributed by atoms with van der Waals surface area (Å²) in [5.41, 5.74) is 3.41. The number of hydrogen-bond donors (Lipinski definition) is 2. The van der Waals surface area contributed by atoms with Gasteiger partial charge in [-0.15, -0.1) is 0 Å². The molecule has 2 rings (SSSR count). The van der Waals surface area contributed by atoms with Gasteiger partial charge in [-0.05, 0) is 44.0 Å². The fraction of sp³-hybridized carbons (Fsp3) is 0.400. The van der Waals surface area contributed by atoms with E-state index < -0.39 is 0 Å². The highest BCUT2D eigenvalue weighted by atomic mass is 79.9. The fourth-order valence-corrected chi connectivity index (χ4v) is 2.82. The van der Waals surface area contributed by atoms with Crippen molar-refractivity contribution in [1.82, 2.24) is 5.32 Å². The Morgan fingerprint density at radius 3 is 2.44 bits per heavy atom. The third-order valence-corrected chi connectivity index (χ3v) is 4.42. The van der Waals surface area contributed by atoms with Crippen LogP contribution >= 0.6 is 15.9 Å². The highest BCUT2D eigenvalue weighted by Gasteiger charge is 2.11. The van der Waals surface area contributed by atoms with E-state index in [1.807, 2.05) is 19.1 Å². The van der Waals surface area contributed by atoms with E-state index in [1.165, 1.54) is 5.56 Å². The SMILES string of the molecule is CCOc1cc(CNCC(C)O)c(Br)cc1OCc1ccc(C)cc1. The molecule has 0 saturated carbocycles. The minimum absolute atomic E-state index is 0.373. The molecule has 5 heteroatoms. The fourth-order valence-electron chi connectivity index (χ4n) is 2.35. The molecule has 4 nitrogen and oxygen atoms in total. The summed E-state index contributed by atoms with van der Waals surface area (Å²) in [7, 11) is 0. The summed E-state index contributed by atoms with van der Waals surface area (Å²) in [5.74, 6) is 1.44. The van der Waals surface area contributed by atoms with E-state index >= 15 is 0 Å². The Morgan fingerprint density at radius 2 is 1.80 bits per heavy atom. The summed E-state index contributed by atoms with van der Waals surface area (Å²) >= 11 is 3.60. The van der Waals surface area contributed by atoms with Crippen LogP contribution in [0.2, 0.25) is 0 Å². The van der Waals surface area contributed by atoms with Crippen molar-refractivity contribution in [1.29, 1.82) is 0 Å². The van der Waals surface area contributed by atoms with Crippen LogP contribution in [-0.2, 0) is 13.2 Å². The molecule has 0 heterocycles. The van der Waals surface area contributed by atoms with Gasteiger partial charge in [-0.25, -0.2) is 0 Å². The maximum atomic E-state index is 9.36. The predicted molar refractivity (Wildman–Crippen MR) is 104 cm³/mol. The first-order valence-corrected chi connectivity index (χ1v) is 9.31. The molecular formula is C20H26BrNO3. The monoisotopic (exact) mass is 407 g/mol. The second-order valence-corrected chi connectivity index (χ2v) is 6.93. The first kappa shape index (κ1) is 19.8. The Bertz CT molecular complexity index is 671. The van der Waals surface area contributed by atoms with Gasteiger partial charge in [0, 0.05) is 17.6 Å². The molecule has 0 aromatic heterocycles. The highest BCUT2D eigenvalue weighted by molar-refractivity contribution is 9.10. The van der Waals surface area contributed by atoms with Gasteiger partial charge in [0.05, 0.1) is 12.7 Å². The van der Waals surface area contributed by atoms with Crippen LogP contribution in [-0.4, -0.2) is 24.4 Å². The van der Waals surface area contributed by atoms with Crippen LogP contribution in [0.15, 0.2) is 40.9 Å². The molecule has 0 saturated heterocycles. The zero-order valence-electron chi connectivity index (χ0n) is 15.0. The number of aliphatic hydroxyl groups excluding tert-OH is 1. The van der Waals surface area contributed by atoms with Crippen LogP contribution in [0.4, 0.5) is 0 Å². The number of aryl methyl sites for hydroxylation is 1. The minimum atomic E-state index is -0.373. The quantitative estimate of drug-likeness (QED) is 0.653. The number of rotatable bonds is 9. The zero-order chi connectivity index (χ0) is 18.2. The molecule has 2 aromatic rings. The van der Waals surface area contributed by atoms with E-state index in [0.717, 1.165) is 21.3 Å². The van der Waals surface area contributed by atoms with Gasteiger partial charge in [-0.3, -0.25) is 0 Å². The molecular weight excluding hydrogens is 382 g/mol. The van der Waals surface area contributed by atoms with Gasteiger partial charge in [0.1, 0.15) is 6.61 Å². The summed E-state index contributed by atoms with van der Waals surface area (Å²) in [4.78, 5) is 0. The van der Waals surface area contributed by atoms with Crippen LogP contribution < -0.4 is 14.8 Å². The van der Waals surface area contributed by atoms with Crippen molar-refractivity contribution in [2.45, 2.75) is 40.0 Å². The van der Waals surface area contributed by atoms with Gasteiger partial charge in [-0.2, -0.15) is 0 Å². The molecule has 136 valence electrons. The molecule has 2 N–H and O–H groups in total. The lowest BCUT2D eigenvalue weighted by Crippen LogP contribution is -2.24. The van der Waals surface area contributed by atoms with Crippen LogP contribution in [0.5, 0.6) is 11.5 Å². The summed E-state index contributed by atoms with van der Waals surface area (Å²) in [6.45, 7) is 8.04. The molecule has 0 spiro atoms. The number of nitrogens with one attached hydrogen (secondary N) is 1. The van der Waals surface area contributed by atoms with Crippen LogP contribution in [0.25, 0.3) is 0 Å². The molecule has 0 fully saturated rings. The van der Waals surface area contributed by atoms with Crippen molar-refractivity contribution in [2.24, 2.45) is 0 Å². The summed E-state index contributed by atoms with van der Waals surface area (Å²) in [5, 5.41) is 12.6.